The normalized spacial score (nSPS) is 34.6. The number of aliphatic carboxylic acids is 1. The van der Waals surface area contributed by atoms with Gasteiger partial charge in [-0.05, 0) is 32.6 Å². The fourth-order valence-corrected chi connectivity index (χ4v) is 6.63. The van der Waals surface area contributed by atoms with E-state index in [1.54, 1.807) is 11.0 Å². The quantitative estimate of drug-likeness (QED) is 0.254. The van der Waals surface area contributed by atoms with Crippen molar-refractivity contribution in [2.24, 2.45) is 11.8 Å². The Hall–Kier alpha value is -1.45. The monoisotopic (exact) mass is 500 g/mol. The van der Waals surface area contributed by atoms with E-state index in [1.807, 2.05) is 6.92 Å². The Kier molecular flexibility index (Phi) is 7.48. The molecule has 0 aromatic heterocycles. The number of hydrogen-bond donors (Lipinski definition) is 2. The number of unbranched alkanes of at least 4 members (excludes halogenated alkanes) is 1. The number of aliphatic hydroxyl groups excluding tert-OH is 1. The van der Waals surface area contributed by atoms with Crippen molar-refractivity contribution in [2.75, 3.05) is 19.7 Å². The van der Waals surface area contributed by atoms with Crippen molar-refractivity contribution in [2.45, 2.75) is 74.6 Å². The highest BCUT2D eigenvalue weighted by Crippen LogP contribution is 2.60. The van der Waals surface area contributed by atoms with Crippen molar-refractivity contribution in [1.29, 1.82) is 0 Å². The maximum Gasteiger partial charge on any atom is 0.310 e. The molecule has 174 valence electrons. The molecule has 3 aliphatic rings. The molecule has 3 aliphatic heterocycles. The van der Waals surface area contributed by atoms with Gasteiger partial charge in [0.15, 0.2) is 0 Å². The van der Waals surface area contributed by atoms with E-state index in [0.717, 1.165) is 12.8 Å². The van der Waals surface area contributed by atoms with Gasteiger partial charge in [0, 0.05) is 30.6 Å². The molecule has 2 amide bonds. The van der Waals surface area contributed by atoms with Crippen LogP contribution in [0.15, 0.2) is 12.7 Å². The molecule has 0 saturated carbocycles. The van der Waals surface area contributed by atoms with Crippen molar-refractivity contribution in [3.8, 4) is 0 Å². The average Bonchev–Trinajstić information content (AvgIpc) is 3.30. The summed E-state index contributed by atoms with van der Waals surface area (Å²) in [5.74, 6) is -3.47. The Morgan fingerprint density at radius 3 is 2.74 bits per heavy atom. The lowest BCUT2D eigenvalue weighted by molar-refractivity contribution is -0.151. The van der Waals surface area contributed by atoms with Crippen molar-refractivity contribution >= 4 is 33.7 Å². The molecule has 3 rings (SSSR count). The van der Waals surface area contributed by atoms with Crippen LogP contribution in [-0.4, -0.2) is 86.1 Å². The molecule has 1 spiro atoms. The Bertz CT molecular complexity index is 733. The number of nitrogens with zero attached hydrogens (tertiary/aromatic N) is 2. The minimum absolute atomic E-state index is 0.00879. The number of carboxylic acid groups (broad SMARTS) is 1. The lowest BCUT2D eigenvalue weighted by atomic mass is 9.70. The lowest BCUT2D eigenvalue weighted by Crippen LogP contribution is -2.58. The van der Waals surface area contributed by atoms with Crippen LogP contribution in [0, 0.1) is 11.8 Å². The lowest BCUT2D eigenvalue weighted by Gasteiger charge is -2.39. The highest BCUT2D eigenvalue weighted by molar-refractivity contribution is 9.09. The molecule has 3 saturated heterocycles. The number of amides is 2. The van der Waals surface area contributed by atoms with Gasteiger partial charge in [-0.1, -0.05) is 35.4 Å². The minimum Gasteiger partial charge on any atom is -0.481 e. The van der Waals surface area contributed by atoms with Gasteiger partial charge in [0.25, 0.3) is 0 Å². The molecular formula is C22H33BrN2O6. The molecule has 2 bridgehead atoms. The summed E-state index contributed by atoms with van der Waals surface area (Å²) in [5.41, 5.74) is -1.15. The molecular weight excluding hydrogens is 468 g/mol. The van der Waals surface area contributed by atoms with Crippen LogP contribution in [0.25, 0.3) is 0 Å². The molecule has 31 heavy (non-hydrogen) atoms. The van der Waals surface area contributed by atoms with E-state index in [4.69, 9.17) is 4.74 Å². The number of rotatable bonds is 11. The molecule has 2 N–H and O–H groups in total. The summed E-state index contributed by atoms with van der Waals surface area (Å²) >= 11 is 3.54. The molecule has 7 atom stereocenters. The number of fused-ring (bicyclic) bond motifs is 1. The summed E-state index contributed by atoms with van der Waals surface area (Å²) in [6, 6.07) is -0.925. The molecule has 0 radical (unpaired) electrons. The van der Waals surface area contributed by atoms with Crippen molar-refractivity contribution in [1.82, 2.24) is 9.80 Å². The zero-order valence-electron chi connectivity index (χ0n) is 18.2. The van der Waals surface area contributed by atoms with E-state index in [1.165, 1.54) is 4.90 Å². The molecule has 8 nitrogen and oxygen atoms in total. The number of ether oxygens (including phenoxy) is 1. The number of likely N-dealkylation sites (tertiary alicyclic amines) is 1. The van der Waals surface area contributed by atoms with E-state index in [-0.39, 0.29) is 35.8 Å². The number of carboxylic acids is 1. The van der Waals surface area contributed by atoms with E-state index < -0.39 is 35.6 Å². The molecule has 0 aromatic rings. The minimum atomic E-state index is -1.15. The van der Waals surface area contributed by atoms with Crippen LogP contribution in [0.1, 0.15) is 46.0 Å². The SMILES string of the molecule is C=CCN(C(=O)[C@H]1N(CCCCO)C(=O)[C@@H]2[C@@H](C(=O)O)[C@@H]3O[C@@]21CC3Br)C(C)CCC. The van der Waals surface area contributed by atoms with E-state index in [9.17, 15) is 24.6 Å². The Balaban J connectivity index is 2.03. The third kappa shape index (κ3) is 3.93. The summed E-state index contributed by atoms with van der Waals surface area (Å²) in [7, 11) is 0. The highest BCUT2D eigenvalue weighted by Gasteiger charge is 2.76. The molecule has 0 aliphatic carbocycles. The van der Waals surface area contributed by atoms with Crippen LogP contribution < -0.4 is 0 Å². The molecule has 0 aromatic carbocycles. The number of halogens is 1. The zero-order valence-corrected chi connectivity index (χ0v) is 19.8. The topological polar surface area (TPSA) is 107 Å². The number of aliphatic hydroxyl groups is 1. The van der Waals surface area contributed by atoms with Gasteiger partial charge in [-0.3, -0.25) is 14.4 Å². The van der Waals surface area contributed by atoms with Gasteiger partial charge in [0.1, 0.15) is 11.6 Å². The zero-order chi connectivity index (χ0) is 22.9. The van der Waals surface area contributed by atoms with Crippen LogP contribution in [0.4, 0.5) is 0 Å². The van der Waals surface area contributed by atoms with Gasteiger partial charge < -0.3 is 24.7 Å². The molecule has 3 fully saturated rings. The Labute approximate surface area is 191 Å². The highest BCUT2D eigenvalue weighted by atomic mass is 79.9. The summed E-state index contributed by atoms with van der Waals surface area (Å²) < 4.78 is 6.27. The second kappa shape index (κ2) is 9.58. The van der Waals surface area contributed by atoms with Crippen molar-refractivity contribution in [3.05, 3.63) is 12.7 Å². The van der Waals surface area contributed by atoms with Gasteiger partial charge in [0.2, 0.25) is 11.8 Å². The maximum absolute atomic E-state index is 13.9. The van der Waals surface area contributed by atoms with E-state index >= 15 is 0 Å². The first-order valence-corrected chi connectivity index (χ1v) is 12.0. The van der Waals surface area contributed by atoms with Gasteiger partial charge in [-0.15, -0.1) is 6.58 Å². The summed E-state index contributed by atoms with van der Waals surface area (Å²) in [6.45, 7) is 8.44. The van der Waals surface area contributed by atoms with Crippen LogP contribution in [0.3, 0.4) is 0 Å². The van der Waals surface area contributed by atoms with Crippen LogP contribution in [0.5, 0.6) is 0 Å². The molecule has 9 heteroatoms. The molecule has 3 heterocycles. The van der Waals surface area contributed by atoms with Crippen LogP contribution >= 0.6 is 15.9 Å². The summed E-state index contributed by atoms with van der Waals surface area (Å²) in [6.07, 6.45) is 4.19. The van der Waals surface area contributed by atoms with Crippen LogP contribution in [-0.2, 0) is 19.1 Å². The average molecular weight is 501 g/mol. The Morgan fingerprint density at radius 2 is 2.16 bits per heavy atom. The molecule has 2 unspecified atom stereocenters. The first-order valence-electron chi connectivity index (χ1n) is 11.1. The number of hydrogen-bond acceptors (Lipinski definition) is 5. The number of carbonyl (C=O) groups excluding carboxylic acids is 2. The largest absolute Gasteiger partial charge is 0.481 e. The maximum atomic E-state index is 13.9. The summed E-state index contributed by atoms with van der Waals surface area (Å²) in [4.78, 5) is 42.5. The second-order valence-corrected chi connectivity index (χ2v) is 10.1. The van der Waals surface area contributed by atoms with E-state index in [0.29, 0.717) is 25.8 Å². The Morgan fingerprint density at radius 1 is 1.45 bits per heavy atom. The predicted molar refractivity (Wildman–Crippen MR) is 118 cm³/mol. The first kappa shape index (κ1) is 24.2. The van der Waals surface area contributed by atoms with Gasteiger partial charge in [0.05, 0.1) is 17.9 Å². The fraction of sp³-hybridized carbons (Fsp3) is 0.773. The third-order valence-corrected chi connectivity index (χ3v) is 7.81. The standard InChI is InChI=1S/C22H33BrN2O6/c1-4-8-13(3)24(9-5-2)20(28)18-22-12-14(23)17(31-22)15(21(29)30)16(22)19(27)25(18)10-6-7-11-26/h5,13-18,26H,2,4,6-12H2,1,3H3,(H,29,30)/t13?,14?,15-,16+,17-,18-,22+/m1/s1. The van der Waals surface area contributed by atoms with Crippen molar-refractivity contribution < 1.29 is 29.3 Å². The van der Waals surface area contributed by atoms with E-state index in [2.05, 4.69) is 29.4 Å². The third-order valence-electron chi connectivity index (χ3n) is 6.96. The van der Waals surface area contributed by atoms with Gasteiger partial charge in [-0.2, -0.15) is 0 Å². The predicted octanol–water partition coefficient (Wildman–Crippen LogP) is 1.79. The van der Waals surface area contributed by atoms with Gasteiger partial charge in [-0.25, -0.2) is 0 Å². The number of alkyl halides is 1. The summed E-state index contributed by atoms with van der Waals surface area (Å²) in [5, 5.41) is 19.1. The van der Waals surface area contributed by atoms with Gasteiger partial charge >= 0.3 is 5.97 Å². The second-order valence-electron chi connectivity index (χ2n) is 8.88. The smallest absolute Gasteiger partial charge is 0.310 e. The number of carbonyl (C=O) groups is 3. The van der Waals surface area contributed by atoms with Crippen LogP contribution in [0.2, 0.25) is 0 Å². The first-order chi connectivity index (χ1) is 14.7. The fourth-order valence-electron chi connectivity index (χ4n) is 5.68. The van der Waals surface area contributed by atoms with Crippen molar-refractivity contribution in [3.63, 3.8) is 0 Å².